The highest BCUT2D eigenvalue weighted by molar-refractivity contribution is 7.21. The van der Waals surface area contributed by atoms with Gasteiger partial charge in [0.25, 0.3) is 5.91 Å². The Hall–Kier alpha value is -3.75. The van der Waals surface area contributed by atoms with Crippen molar-refractivity contribution in [2.75, 3.05) is 14.2 Å². The van der Waals surface area contributed by atoms with Gasteiger partial charge in [0, 0.05) is 39.8 Å². The second-order valence-electron chi connectivity index (χ2n) is 10.4. The summed E-state index contributed by atoms with van der Waals surface area (Å²) in [7, 11) is 3.61. The third-order valence-corrected chi connectivity index (χ3v) is 9.27. The maximum absolute atomic E-state index is 14.7. The standard InChI is InChI=1S/C32H34FN3O3S/c1-19-29-26(33)5-4-6-28(29)40-30(19)32(38)36(25-14-12-24(35-2)13-15-25)18-23-17-22(11-16-27(23)39-3)20-7-9-21(10-8-20)31(34)37/h4-11,16-17,24-25,35H,12-15,18H2,1-3H3,(H2,34,37)/t24-,25-. The van der Waals surface area contributed by atoms with Crippen molar-refractivity contribution < 1.29 is 18.7 Å². The van der Waals surface area contributed by atoms with Gasteiger partial charge in [0.2, 0.25) is 5.91 Å². The normalized spacial score (nSPS) is 17.1. The van der Waals surface area contributed by atoms with E-state index in [0.717, 1.165) is 47.1 Å². The maximum Gasteiger partial charge on any atom is 0.264 e. The van der Waals surface area contributed by atoms with Crippen LogP contribution in [-0.4, -0.2) is 43.0 Å². The molecule has 1 fully saturated rings. The number of ether oxygens (including phenoxy) is 1. The second kappa shape index (κ2) is 11.8. The van der Waals surface area contributed by atoms with Crippen LogP contribution in [0.25, 0.3) is 21.2 Å². The molecule has 1 aromatic heterocycles. The van der Waals surface area contributed by atoms with E-state index in [4.69, 9.17) is 10.5 Å². The summed E-state index contributed by atoms with van der Waals surface area (Å²) in [5.41, 5.74) is 9.30. The van der Waals surface area contributed by atoms with E-state index in [2.05, 4.69) is 5.32 Å². The highest BCUT2D eigenvalue weighted by Crippen LogP contribution is 2.36. The molecule has 0 spiro atoms. The molecule has 0 radical (unpaired) electrons. The van der Waals surface area contributed by atoms with Crippen LogP contribution in [-0.2, 0) is 6.54 Å². The molecule has 0 aliphatic heterocycles. The Bertz CT molecular complexity index is 1540. The average molecular weight is 560 g/mol. The summed E-state index contributed by atoms with van der Waals surface area (Å²) in [5.74, 6) is -0.161. The first-order valence-corrected chi connectivity index (χ1v) is 14.3. The predicted octanol–water partition coefficient (Wildman–Crippen LogP) is 6.30. The smallest absolute Gasteiger partial charge is 0.264 e. The first-order valence-electron chi connectivity index (χ1n) is 13.5. The van der Waals surface area contributed by atoms with E-state index in [1.807, 2.05) is 55.3 Å². The van der Waals surface area contributed by atoms with Gasteiger partial charge in [-0.3, -0.25) is 9.59 Å². The van der Waals surface area contributed by atoms with Gasteiger partial charge >= 0.3 is 0 Å². The van der Waals surface area contributed by atoms with Crippen LogP contribution >= 0.6 is 11.3 Å². The summed E-state index contributed by atoms with van der Waals surface area (Å²) >= 11 is 1.36. The Morgan fingerprint density at radius 1 is 1.05 bits per heavy atom. The number of nitrogens with zero attached hydrogens (tertiary/aromatic N) is 1. The highest BCUT2D eigenvalue weighted by atomic mass is 32.1. The van der Waals surface area contributed by atoms with Crippen LogP contribution in [0.4, 0.5) is 4.39 Å². The first kappa shape index (κ1) is 27.8. The number of carbonyl (C=O) groups is 2. The van der Waals surface area contributed by atoms with Crippen molar-refractivity contribution in [3.8, 4) is 16.9 Å². The zero-order chi connectivity index (χ0) is 28.4. The zero-order valence-electron chi connectivity index (χ0n) is 23.0. The van der Waals surface area contributed by atoms with Crippen LogP contribution in [0.2, 0.25) is 0 Å². The van der Waals surface area contributed by atoms with Crippen molar-refractivity contribution in [1.82, 2.24) is 10.2 Å². The predicted molar refractivity (Wildman–Crippen MR) is 158 cm³/mol. The van der Waals surface area contributed by atoms with E-state index in [0.29, 0.717) is 39.7 Å². The van der Waals surface area contributed by atoms with E-state index in [-0.39, 0.29) is 17.8 Å². The molecule has 4 aromatic rings. The Balaban J connectivity index is 1.53. The molecule has 6 nitrogen and oxygen atoms in total. The van der Waals surface area contributed by atoms with Gasteiger partial charge in [-0.1, -0.05) is 24.3 Å². The van der Waals surface area contributed by atoms with Crippen LogP contribution < -0.4 is 15.8 Å². The SMILES string of the molecule is CN[C@H]1CC[C@H](N(Cc2cc(-c3ccc(C(N)=O)cc3)ccc2OC)C(=O)c2sc3cccc(F)c3c2C)CC1. The summed E-state index contributed by atoms with van der Waals surface area (Å²) in [6, 6.07) is 18.5. The van der Waals surface area contributed by atoms with Gasteiger partial charge in [-0.05, 0) is 92.7 Å². The third-order valence-electron chi connectivity index (χ3n) is 8.03. The fraction of sp³-hybridized carbons (Fsp3) is 0.312. The number of primary amides is 1. The number of methoxy groups -OCH3 is 1. The molecule has 1 saturated carbocycles. The Morgan fingerprint density at radius 3 is 2.38 bits per heavy atom. The minimum atomic E-state index is -0.472. The number of hydrogen-bond donors (Lipinski definition) is 2. The summed E-state index contributed by atoms with van der Waals surface area (Å²) in [5, 5.41) is 3.89. The maximum atomic E-state index is 14.7. The number of thiophene rings is 1. The van der Waals surface area contributed by atoms with Gasteiger partial charge < -0.3 is 20.7 Å². The van der Waals surface area contributed by atoms with Crippen LogP contribution in [0.5, 0.6) is 5.75 Å². The minimum Gasteiger partial charge on any atom is -0.496 e. The molecule has 0 bridgehead atoms. The molecular weight excluding hydrogens is 525 g/mol. The van der Waals surface area contributed by atoms with E-state index >= 15 is 0 Å². The van der Waals surface area contributed by atoms with Crippen molar-refractivity contribution >= 4 is 33.2 Å². The molecule has 3 N–H and O–H groups in total. The molecule has 1 heterocycles. The fourth-order valence-electron chi connectivity index (χ4n) is 5.72. The number of aryl methyl sites for hydroxylation is 1. The molecule has 0 atom stereocenters. The third kappa shape index (κ3) is 5.46. The summed E-state index contributed by atoms with van der Waals surface area (Å²) < 4.78 is 21.2. The largest absolute Gasteiger partial charge is 0.496 e. The van der Waals surface area contributed by atoms with E-state index < -0.39 is 5.91 Å². The topological polar surface area (TPSA) is 84.7 Å². The van der Waals surface area contributed by atoms with Gasteiger partial charge in [-0.15, -0.1) is 11.3 Å². The van der Waals surface area contributed by atoms with Crippen LogP contribution in [0.3, 0.4) is 0 Å². The summed E-state index contributed by atoms with van der Waals surface area (Å²) in [4.78, 5) is 28.3. The number of halogens is 1. The fourth-order valence-corrected chi connectivity index (χ4v) is 6.90. The van der Waals surface area contributed by atoms with Gasteiger partial charge in [0.1, 0.15) is 11.6 Å². The van der Waals surface area contributed by atoms with E-state index in [1.165, 1.54) is 17.4 Å². The molecule has 0 unspecified atom stereocenters. The molecule has 8 heteroatoms. The molecule has 3 aromatic carbocycles. The van der Waals surface area contributed by atoms with Crippen molar-refractivity contribution in [2.45, 2.75) is 51.2 Å². The van der Waals surface area contributed by atoms with Gasteiger partial charge in [0.05, 0.1) is 12.0 Å². The molecular formula is C32H34FN3O3S. The molecule has 1 aliphatic rings. The average Bonchev–Trinajstić information content (AvgIpc) is 3.32. The van der Waals surface area contributed by atoms with Crippen LogP contribution in [0.1, 0.15) is 56.8 Å². The number of rotatable bonds is 8. The van der Waals surface area contributed by atoms with Crippen molar-refractivity contribution in [2.24, 2.45) is 5.73 Å². The van der Waals surface area contributed by atoms with Crippen LogP contribution in [0, 0.1) is 12.7 Å². The summed E-state index contributed by atoms with van der Waals surface area (Å²) in [6.45, 7) is 2.20. The molecule has 208 valence electrons. The van der Waals surface area contributed by atoms with Crippen LogP contribution in [0.15, 0.2) is 60.7 Å². The molecule has 2 amide bonds. The van der Waals surface area contributed by atoms with Crippen molar-refractivity contribution in [3.63, 3.8) is 0 Å². The second-order valence-corrected chi connectivity index (χ2v) is 11.4. The Labute approximate surface area is 237 Å². The lowest BCUT2D eigenvalue weighted by atomic mass is 9.89. The Kier molecular flexibility index (Phi) is 8.19. The number of nitrogens with two attached hydrogens (primary N) is 1. The molecule has 40 heavy (non-hydrogen) atoms. The number of nitrogens with one attached hydrogen (secondary N) is 1. The lowest BCUT2D eigenvalue weighted by Crippen LogP contribution is -2.44. The number of benzene rings is 3. The lowest BCUT2D eigenvalue weighted by Gasteiger charge is -2.37. The van der Waals surface area contributed by atoms with Crippen molar-refractivity contribution in [3.05, 3.63) is 88.0 Å². The number of carbonyl (C=O) groups excluding carboxylic acids is 2. The van der Waals surface area contributed by atoms with Gasteiger partial charge in [-0.25, -0.2) is 4.39 Å². The zero-order valence-corrected chi connectivity index (χ0v) is 23.8. The minimum absolute atomic E-state index is 0.0507. The highest BCUT2D eigenvalue weighted by Gasteiger charge is 2.32. The number of amides is 2. The van der Waals surface area contributed by atoms with E-state index in [9.17, 15) is 14.0 Å². The molecule has 1 aliphatic carbocycles. The van der Waals surface area contributed by atoms with Gasteiger partial charge in [-0.2, -0.15) is 0 Å². The summed E-state index contributed by atoms with van der Waals surface area (Å²) in [6.07, 6.45) is 3.72. The van der Waals surface area contributed by atoms with Gasteiger partial charge in [0.15, 0.2) is 0 Å². The number of hydrogen-bond acceptors (Lipinski definition) is 5. The first-order chi connectivity index (χ1) is 19.3. The van der Waals surface area contributed by atoms with Crippen molar-refractivity contribution in [1.29, 1.82) is 0 Å². The molecule has 0 saturated heterocycles. The van der Waals surface area contributed by atoms with E-state index in [1.54, 1.807) is 25.3 Å². The Morgan fingerprint density at radius 2 is 1.75 bits per heavy atom. The monoisotopic (exact) mass is 559 g/mol. The molecule has 5 rings (SSSR count). The number of fused-ring (bicyclic) bond motifs is 1. The lowest BCUT2D eigenvalue weighted by molar-refractivity contribution is 0.0604. The quantitative estimate of drug-likeness (QED) is 0.266.